The lowest BCUT2D eigenvalue weighted by molar-refractivity contribution is -0.116. The molecule has 2 rings (SSSR count). The number of rotatable bonds is 5. The Morgan fingerprint density at radius 1 is 1.19 bits per heavy atom. The molecule has 0 spiro atoms. The van der Waals surface area contributed by atoms with Gasteiger partial charge in [-0.2, -0.15) is 0 Å². The van der Waals surface area contributed by atoms with E-state index in [0.29, 0.717) is 11.8 Å². The Morgan fingerprint density at radius 2 is 2.00 bits per heavy atom. The van der Waals surface area contributed by atoms with E-state index < -0.39 is 17.5 Å². The minimum Gasteiger partial charge on any atom is -0.493 e. The largest absolute Gasteiger partial charge is 0.493 e. The quantitative estimate of drug-likeness (QED) is 0.875. The highest BCUT2D eigenvalue weighted by atomic mass is 79.9. The first kappa shape index (κ1) is 15.4. The SMILES string of the molecule is O=C(CCOc1cccc(Br)c1)Nc1ccc(F)cc1F. The number of hydrogen-bond acceptors (Lipinski definition) is 2. The van der Waals surface area contributed by atoms with Gasteiger partial charge in [0.1, 0.15) is 17.4 Å². The lowest BCUT2D eigenvalue weighted by Crippen LogP contribution is -2.16. The van der Waals surface area contributed by atoms with Crippen molar-refractivity contribution in [1.82, 2.24) is 0 Å². The van der Waals surface area contributed by atoms with E-state index in [1.165, 1.54) is 6.07 Å². The van der Waals surface area contributed by atoms with E-state index in [4.69, 9.17) is 4.74 Å². The number of ether oxygens (including phenoxy) is 1. The predicted octanol–water partition coefficient (Wildman–Crippen LogP) is 4.13. The predicted molar refractivity (Wildman–Crippen MR) is 79.2 cm³/mol. The first-order valence-corrected chi connectivity index (χ1v) is 6.97. The molecule has 21 heavy (non-hydrogen) atoms. The highest BCUT2D eigenvalue weighted by Gasteiger charge is 2.08. The van der Waals surface area contributed by atoms with Crippen molar-refractivity contribution in [1.29, 1.82) is 0 Å². The monoisotopic (exact) mass is 355 g/mol. The van der Waals surface area contributed by atoms with Crippen LogP contribution >= 0.6 is 15.9 Å². The molecular weight excluding hydrogens is 344 g/mol. The Morgan fingerprint density at radius 3 is 2.71 bits per heavy atom. The molecule has 0 bridgehead atoms. The molecular formula is C15H12BrF2NO2. The zero-order valence-corrected chi connectivity index (χ0v) is 12.5. The zero-order valence-electron chi connectivity index (χ0n) is 10.9. The number of anilines is 1. The zero-order chi connectivity index (χ0) is 15.2. The summed E-state index contributed by atoms with van der Waals surface area (Å²) in [5, 5.41) is 2.37. The van der Waals surface area contributed by atoms with Gasteiger partial charge in [0.15, 0.2) is 0 Å². The molecule has 0 fully saturated rings. The van der Waals surface area contributed by atoms with Gasteiger partial charge in [0.2, 0.25) is 5.91 Å². The molecule has 0 heterocycles. The topological polar surface area (TPSA) is 38.3 Å². The van der Waals surface area contributed by atoms with Crippen LogP contribution in [0, 0.1) is 11.6 Å². The molecule has 1 amide bonds. The van der Waals surface area contributed by atoms with Crippen molar-refractivity contribution in [2.75, 3.05) is 11.9 Å². The maximum atomic E-state index is 13.4. The van der Waals surface area contributed by atoms with Gasteiger partial charge in [-0.1, -0.05) is 22.0 Å². The lowest BCUT2D eigenvalue weighted by Gasteiger charge is -2.08. The smallest absolute Gasteiger partial charge is 0.227 e. The Balaban J connectivity index is 1.82. The molecule has 0 aliphatic heterocycles. The van der Waals surface area contributed by atoms with Gasteiger partial charge in [-0.3, -0.25) is 4.79 Å². The van der Waals surface area contributed by atoms with Crippen molar-refractivity contribution in [3.8, 4) is 5.75 Å². The van der Waals surface area contributed by atoms with Crippen LogP contribution < -0.4 is 10.1 Å². The second kappa shape index (κ2) is 7.17. The third kappa shape index (κ3) is 4.82. The van der Waals surface area contributed by atoms with Crippen molar-refractivity contribution >= 4 is 27.5 Å². The van der Waals surface area contributed by atoms with Crippen LogP contribution in [-0.4, -0.2) is 12.5 Å². The molecule has 6 heteroatoms. The van der Waals surface area contributed by atoms with E-state index in [-0.39, 0.29) is 18.7 Å². The third-order valence-corrected chi connectivity index (χ3v) is 3.09. The Labute approximate surface area is 129 Å². The van der Waals surface area contributed by atoms with E-state index in [9.17, 15) is 13.6 Å². The highest BCUT2D eigenvalue weighted by molar-refractivity contribution is 9.10. The van der Waals surface area contributed by atoms with E-state index in [1.54, 1.807) is 12.1 Å². The minimum absolute atomic E-state index is 0.0520. The average Bonchev–Trinajstić information content (AvgIpc) is 2.42. The number of halogens is 3. The number of amides is 1. The van der Waals surface area contributed by atoms with Crippen molar-refractivity contribution in [2.45, 2.75) is 6.42 Å². The van der Waals surface area contributed by atoms with Gasteiger partial charge in [0.05, 0.1) is 18.7 Å². The van der Waals surface area contributed by atoms with Gasteiger partial charge in [-0.15, -0.1) is 0 Å². The summed E-state index contributed by atoms with van der Waals surface area (Å²) in [6.45, 7) is 0.158. The van der Waals surface area contributed by atoms with Crippen molar-refractivity contribution < 1.29 is 18.3 Å². The van der Waals surface area contributed by atoms with E-state index in [0.717, 1.165) is 10.5 Å². The molecule has 0 aromatic heterocycles. The molecule has 2 aromatic rings. The van der Waals surface area contributed by atoms with Crippen LogP contribution in [-0.2, 0) is 4.79 Å². The third-order valence-electron chi connectivity index (χ3n) is 2.60. The van der Waals surface area contributed by atoms with Gasteiger partial charge in [0, 0.05) is 10.5 Å². The van der Waals surface area contributed by atoms with Crippen LogP contribution in [0.1, 0.15) is 6.42 Å². The van der Waals surface area contributed by atoms with Gasteiger partial charge in [-0.25, -0.2) is 8.78 Å². The maximum absolute atomic E-state index is 13.4. The summed E-state index contributed by atoms with van der Waals surface area (Å²) in [5.74, 6) is -1.28. The van der Waals surface area contributed by atoms with Crippen LogP contribution in [0.4, 0.5) is 14.5 Å². The molecule has 0 radical (unpaired) electrons. The minimum atomic E-state index is -0.809. The summed E-state index contributed by atoms with van der Waals surface area (Å²) in [7, 11) is 0. The molecule has 2 aromatic carbocycles. The maximum Gasteiger partial charge on any atom is 0.227 e. The number of carbonyl (C=O) groups excluding carboxylic acids is 1. The summed E-state index contributed by atoms with van der Waals surface area (Å²) < 4.78 is 32.4. The summed E-state index contributed by atoms with van der Waals surface area (Å²) in [4.78, 5) is 11.6. The van der Waals surface area contributed by atoms with Crippen LogP contribution in [0.15, 0.2) is 46.9 Å². The second-order valence-electron chi connectivity index (χ2n) is 4.23. The highest BCUT2D eigenvalue weighted by Crippen LogP contribution is 2.18. The fourth-order valence-corrected chi connectivity index (χ4v) is 2.00. The standard InChI is InChI=1S/C15H12BrF2NO2/c16-10-2-1-3-12(8-10)21-7-6-15(20)19-14-5-4-11(17)9-13(14)18/h1-5,8-9H,6-7H2,(H,19,20). The lowest BCUT2D eigenvalue weighted by atomic mass is 10.3. The van der Waals surface area contributed by atoms with Gasteiger partial charge in [0.25, 0.3) is 0 Å². The fraction of sp³-hybridized carbons (Fsp3) is 0.133. The first-order valence-electron chi connectivity index (χ1n) is 6.18. The molecule has 0 saturated heterocycles. The van der Waals surface area contributed by atoms with Gasteiger partial charge < -0.3 is 10.1 Å². The van der Waals surface area contributed by atoms with Crippen LogP contribution in [0.5, 0.6) is 5.75 Å². The summed E-state index contributed by atoms with van der Waals surface area (Å²) in [5.41, 5.74) is -0.0520. The normalized spacial score (nSPS) is 10.2. The fourth-order valence-electron chi connectivity index (χ4n) is 1.62. The molecule has 0 atom stereocenters. The number of carbonyl (C=O) groups is 1. The van der Waals surface area contributed by atoms with Gasteiger partial charge in [-0.05, 0) is 30.3 Å². The van der Waals surface area contributed by atoms with Gasteiger partial charge >= 0.3 is 0 Å². The number of benzene rings is 2. The van der Waals surface area contributed by atoms with Crippen LogP contribution in [0.25, 0.3) is 0 Å². The van der Waals surface area contributed by atoms with E-state index in [1.807, 2.05) is 12.1 Å². The van der Waals surface area contributed by atoms with Crippen LogP contribution in [0.3, 0.4) is 0 Å². The Bertz CT molecular complexity index is 649. The molecule has 110 valence electrons. The van der Waals surface area contributed by atoms with Crippen LogP contribution in [0.2, 0.25) is 0 Å². The second-order valence-corrected chi connectivity index (χ2v) is 5.14. The first-order chi connectivity index (χ1) is 10.0. The molecule has 0 aliphatic carbocycles. The number of hydrogen-bond donors (Lipinski definition) is 1. The van der Waals surface area contributed by atoms with Crippen molar-refractivity contribution in [3.63, 3.8) is 0 Å². The Kier molecular flexibility index (Phi) is 5.27. The summed E-state index contributed by atoms with van der Waals surface area (Å²) in [6, 6.07) is 10.2. The van der Waals surface area contributed by atoms with Crippen molar-refractivity contribution in [3.05, 3.63) is 58.6 Å². The number of nitrogens with one attached hydrogen (secondary N) is 1. The Hall–Kier alpha value is -1.95. The average molecular weight is 356 g/mol. The van der Waals surface area contributed by atoms with Crippen molar-refractivity contribution in [2.24, 2.45) is 0 Å². The summed E-state index contributed by atoms with van der Waals surface area (Å²) in [6.07, 6.45) is 0.0589. The van der Waals surface area contributed by atoms with E-state index >= 15 is 0 Å². The molecule has 0 aliphatic rings. The summed E-state index contributed by atoms with van der Waals surface area (Å²) >= 11 is 3.31. The molecule has 3 nitrogen and oxygen atoms in total. The molecule has 1 N–H and O–H groups in total. The van der Waals surface area contributed by atoms with E-state index in [2.05, 4.69) is 21.2 Å². The molecule has 0 unspecified atom stereocenters. The molecule has 0 saturated carbocycles.